The Morgan fingerprint density at radius 1 is 0.769 bits per heavy atom. The summed E-state index contributed by atoms with van der Waals surface area (Å²) in [5, 5.41) is 35.3. The number of hydrogen-bond donors (Lipinski definition) is 2. The van der Waals surface area contributed by atoms with E-state index in [1.165, 1.54) is 0 Å². The summed E-state index contributed by atoms with van der Waals surface area (Å²) in [5.41, 5.74) is 6.33. The van der Waals surface area contributed by atoms with Crippen LogP contribution in [0.3, 0.4) is 0 Å². The van der Waals surface area contributed by atoms with E-state index in [1.54, 1.807) is 40.8 Å². The molecule has 0 aliphatic carbocycles. The van der Waals surface area contributed by atoms with Crippen LogP contribution in [0, 0.1) is 25.2 Å². The highest BCUT2D eigenvalue weighted by molar-refractivity contribution is 5.67. The molecule has 2 N–H and O–H groups in total. The molecule has 0 amide bonds. The fraction of sp³-hybridized carbons (Fsp3) is 0.425. The van der Waals surface area contributed by atoms with Gasteiger partial charge < -0.3 is 29.2 Å². The molecule has 5 heterocycles. The van der Waals surface area contributed by atoms with Gasteiger partial charge in [-0.05, 0) is 58.0 Å². The molecule has 4 aromatic rings. The number of rotatable bonds is 10. The summed E-state index contributed by atoms with van der Waals surface area (Å²) in [7, 11) is 8.40. The van der Waals surface area contributed by atoms with E-state index in [4.69, 9.17) is 18.9 Å². The number of methoxy groups -OCH3 is 4. The molecule has 272 valence electrons. The van der Waals surface area contributed by atoms with E-state index in [0.717, 1.165) is 33.6 Å². The Kier molecular flexibility index (Phi) is 9.61. The second-order valence-electron chi connectivity index (χ2n) is 13.9. The number of pyridine rings is 2. The van der Waals surface area contributed by atoms with Crippen LogP contribution in [0.1, 0.15) is 56.9 Å². The van der Waals surface area contributed by atoms with Crippen LogP contribution in [0.2, 0.25) is 0 Å². The van der Waals surface area contributed by atoms with E-state index in [-0.39, 0.29) is 29.6 Å². The molecule has 0 spiro atoms. The molecule has 0 radical (unpaired) electrons. The van der Waals surface area contributed by atoms with Gasteiger partial charge in [-0.1, -0.05) is 12.1 Å². The van der Waals surface area contributed by atoms with Crippen molar-refractivity contribution in [3.63, 3.8) is 0 Å². The standard InChI is InChI=1S/C40H46N6O6/c1-22-37(49-4)26-17-29-34-33-27(38(50-5)23(2)40(52-7)36(33)48)16-28(44(34)3)30(18-41)46(29)31(32(26)35(47)39(22)51-6)21-45(19-24-12-8-10-14-42-24)20-25-13-9-11-15-43-25/h8-15,28-31,34,47-48H,16-17,19-21H2,1-7H3/t28-,29-,30?,31-,34-/m0/s1. The fourth-order valence-electron chi connectivity index (χ4n) is 9.26. The van der Waals surface area contributed by atoms with Crippen molar-refractivity contribution in [1.82, 2.24) is 24.7 Å². The van der Waals surface area contributed by atoms with Gasteiger partial charge in [0.25, 0.3) is 0 Å². The lowest BCUT2D eigenvalue weighted by molar-refractivity contribution is -0.0798. The maximum Gasteiger partial charge on any atom is 0.167 e. The van der Waals surface area contributed by atoms with Gasteiger partial charge in [0.05, 0.1) is 58.0 Å². The number of piperazine rings is 1. The highest BCUT2D eigenvalue weighted by Gasteiger charge is 2.57. The molecule has 12 nitrogen and oxygen atoms in total. The highest BCUT2D eigenvalue weighted by atomic mass is 16.5. The molecule has 52 heavy (non-hydrogen) atoms. The normalized spacial score (nSPS) is 22.2. The zero-order valence-corrected chi connectivity index (χ0v) is 30.8. The maximum atomic E-state index is 12.2. The SMILES string of the molecule is COc1c(C)c(OC)c2c(c1O)[C@@H]1[C@@H]3Cc4c(OC)c(C)c(OC)c(O)c4[C@H](CN(Cc4ccccn4)Cc4ccccn4)N3C(C#N)[C@H](C2)N1C. The second kappa shape index (κ2) is 14.1. The van der Waals surface area contributed by atoms with Gasteiger partial charge in [-0.15, -0.1) is 0 Å². The summed E-state index contributed by atoms with van der Waals surface area (Å²) >= 11 is 0. The molecule has 5 atom stereocenters. The summed E-state index contributed by atoms with van der Waals surface area (Å²) in [5.74, 6) is 2.13. The first kappa shape index (κ1) is 35.3. The Balaban J connectivity index is 1.46. The van der Waals surface area contributed by atoms with Crippen LogP contribution in [-0.2, 0) is 25.9 Å². The zero-order valence-electron chi connectivity index (χ0n) is 30.8. The van der Waals surface area contributed by atoms with E-state index in [2.05, 4.69) is 30.7 Å². The van der Waals surface area contributed by atoms with Gasteiger partial charge in [0.2, 0.25) is 0 Å². The molecule has 1 saturated heterocycles. The number of likely N-dealkylation sites (N-methyl/N-ethyl adjacent to an activating group) is 1. The van der Waals surface area contributed by atoms with Crippen molar-refractivity contribution >= 4 is 0 Å². The van der Waals surface area contributed by atoms with Crippen LogP contribution in [0.25, 0.3) is 0 Å². The number of benzene rings is 2. The lowest BCUT2D eigenvalue weighted by Gasteiger charge is -2.60. The van der Waals surface area contributed by atoms with Crippen LogP contribution in [-0.4, -0.2) is 95.0 Å². The predicted octanol–water partition coefficient (Wildman–Crippen LogP) is 5.01. The van der Waals surface area contributed by atoms with Gasteiger partial charge >= 0.3 is 0 Å². The monoisotopic (exact) mass is 706 g/mol. The van der Waals surface area contributed by atoms with Crippen molar-refractivity contribution in [2.24, 2.45) is 0 Å². The van der Waals surface area contributed by atoms with Crippen LogP contribution in [0.5, 0.6) is 34.5 Å². The first-order valence-corrected chi connectivity index (χ1v) is 17.5. The van der Waals surface area contributed by atoms with E-state index < -0.39 is 12.1 Å². The minimum Gasteiger partial charge on any atom is -0.504 e. The van der Waals surface area contributed by atoms with E-state index >= 15 is 0 Å². The molecule has 2 aromatic carbocycles. The summed E-state index contributed by atoms with van der Waals surface area (Å²) in [6, 6.07) is 12.4. The minimum absolute atomic E-state index is 0.0397. The molecule has 2 bridgehead atoms. The summed E-state index contributed by atoms with van der Waals surface area (Å²) in [4.78, 5) is 16.1. The van der Waals surface area contributed by atoms with E-state index in [9.17, 15) is 15.5 Å². The second-order valence-corrected chi connectivity index (χ2v) is 13.9. The average molecular weight is 707 g/mol. The van der Waals surface area contributed by atoms with Crippen LogP contribution in [0.15, 0.2) is 48.8 Å². The van der Waals surface area contributed by atoms with Crippen molar-refractivity contribution in [3.8, 4) is 40.6 Å². The summed E-state index contributed by atoms with van der Waals surface area (Å²) in [6.45, 7) is 5.19. The molecule has 3 aliphatic heterocycles. The Morgan fingerprint density at radius 2 is 1.27 bits per heavy atom. The fourth-order valence-corrected chi connectivity index (χ4v) is 9.26. The zero-order chi connectivity index (χ0) is 36.8. The van der Waals surface area contributed by atoms with Gasteiger partial charge in [0.15, 0.2) is 23.0 Å². The van der Waals surface area contributed by atoms with Crippen molar-refractivity contribution in [2.45, 2.75) is 70.0 Å². The lowest BCUT2D eigenvalue weighted by atomic mass is 9.71. The third-order valence-electron chi connectivity index (χ3n) is 11.3. The molecule has 12 heteroatoms. The molecule has 2 aromatic heterocycles. The number of nitriles is 1. The number of phenolic OH excluding ortho intramolecular Hbond substituents is 2. The van der Waals surface area contributed by atoms with Crippen molar-refractivity contribution in [3.05, 3.63) is 93.6 Å². The number of phenols is 2. The Labute approximate surface area is 304 Å². The maximum absolute atomic E-state index is 12.2. The molecule has 7 rings (SSSR count). The lowest BCUT2D eigenvalue weighted by Crippen LogP contribution is -2.68. The predicted molar refractivity (Wildman–Crippen MR) is 194 cm³/mol. The van der Waals surface area contributed by atoms with Gasteiger partial charge in [0.1, 0.15) is 17.5 Å². The molecule has 3 aliphatic rings. The van der Waals surface area contributed by atoms with Crippen molar-refractivity contribution in [2.75, 3.05) is 42.0 Å². The minimum atomic E-state index is -0.587. The van der Waals surface area contributed by atoms with Gasteiger partial charge in [0, 0.05) is 77.5 Å². The summed E-state index contributed by atoms with van der Waals surface area (Å²) in [6.07, 6.45) is 4.48. The molecule has 0 saturated carbocycles. The largest absolute Gasteiger partial charge is 0.504 e. The van der Waals surface area contributed by atoms with Crippen molar-refractivity contribution < 1.29 is 29.2 Å². The quantitative estimate of drug-likeness (QED) is 0.229. The Morgan fingerprint density at radius 3 is 1.75 bits per heavy atom. The highest BCUT2D eigenvalue weighted by Crippen LogP contribution is 2.59. The van der Waals surface area contributed by atoms with Crippen LogP contribution in [0.4, 0.5) is 0 Å². The van der Waals surface area contributed by atoms with Crippen LogP contribution >= 0.6 is 0 Å². The summed E-state index contributed by atoms with van der Waals surface area (Å²) < 4.78 is 23.7. The van der Waals surface area contributed by atoms with Crippen molar-refractivity contribution in [1.29, 1.82) is 5.26 Å². The van der Waals surface area contributed by atoms with E-state index in [0.29, 0.717) is 66.6 Å². The number of aromatic hydroxyl groups is 2. The van der Waals surface area contributed by atoms with Gasteiger partial charge in [-0.3, -0.25) is 24.7 Å². The number of fused-ring (bicyclic) bond motifs is 7. The molecular weight excluding hydrogens is 660 g/mol. The number of aromatic nitrogens is 2. The average Bonchev–Trinajstić information content (AvgIpc) is 3.14. The number of nitrogens with zero attached hydrogens (tertiary/aromatic N) is 6. The van der Waals surface area contributed by atoms with Gasteiger partial charge in [-0.25, -0.2) is 0 Å². The Hall–Kier alpha value is -5.09. The third-order valence-corrected chi connectivity index (χ3v) is 11.3. The topological polar surface area (TPSA) is 137 Å². The molecular formula is C40H46N6O6. The first-order valence-electron chi connectivity index (χ1n) is 17.5. The van der Waals surface area contributed by atoms with Crippen LogP contribution < -0.4 is 18.9 Å². The van der Waals surface area contributed by atoms with Gasteiger partial charge in [-0.2, -0.15) is 5.26 Å². The number of ether oxygens (including phenoxy) is 4. The Bertz CT molecular complexity index is 1960. The molecule has 1 unspecified atom stereocenters. The van der Waals surface area contributed by atoms with E-state index in [1.807, 2.05) is 57.3 Å². The first-order chi connectivity index (χ1) is 25.2. The smallest absolute Gasteiger partial charge is 0.167 e. The number of hydrogen-bond acceptors (Lipinski definition) is 12. The molecule has 1 fully saturated rings. The third kappa shape index (κ3) is 5.55.